The smallest absolute Gasteiger partial charge is 0.356 e. The molecule has 4 rings (SSSR count). The highest BCUT2D eigenvalue weighted by Gasteiger charge is 2.55. The van der Waals surface area contributed by atoms with E-state index in [0.717, 1.165) is 26.1 Å². The number of rotatable bonds is 10. The molecule has 0 unspecified atom stereocenters. The van der Waals surface area contributed by atoms with Gasteiger partial charge >= 0.3 is 11.9 Å². The first-order valence-corrected chi connectivity index (χ1v) is 12.8. The lowest BCUT2D eigenvalue weighted by Crippen LogP contribution is -2.71. The fourth-order valence-electron chi connectivity index (χ4n) is 3.29. The fourth-order valence-corrected chi connectivity index (χ4v) is 5.83. The fraction of sp³-hybridized carbons (Fsp3) is 0.316. The number of nitrogens with zero attached hydrogens (tertiary/aromatic N) is 4. The number of oxime groups is 1. The summed E-state index contributed by atoms with van der Waals surface area (Å²) in [5.74, 6) is -3.88. The minimum Gasteiger partial charge on any atom is -0.489 e. The number of carbonyl (C=O) groups excluding carboxylic acids is 2. The zero-order chi connectivity index (χ0) is 26.0. The number of carbonyl (C=O) groups is 4. The van der Waals surface area contributed by atoms with Crippen molar-refractivity contribution in [3.05, 3.63) is 38.6 Å². The predicted octanol–water partition coefficient (Wildman–Crippen LogP) is 0.208. The highest BCUT2D eigenvalue weighted by molar-refractivity contribution is 8.00. The number of aryl methyl sites for hydroxylation is 1. The number of hydrogen-bond donors (Lipinski definition) is 4. The van der Waals surface area contributed by atoms with Crippen LogP contribution in [0.1, 0.15) is 15.6 Å². The van der Waals surface area contributed by atoms with Gasteiger partial charge in [0.15, 0.2) is 16.5 Å². The lowest BCUT2D eigenvalue weighted by molar-refractivity contribution is -0.150. The van der Waals surface area contributed by atoms with Crippen molar-refractivity contribution in [2.75, 3.05) is 18.1 Å². The van der Waals surface area contributed by atoms with Crippen LogP contribution in [-0.4, -0.2) is 78.3 Å². The summed E-state index contributed by atoms with van der Waals surface area (Å²) in [5.41, 5.74) is 4.96. The van der Waals surface area contributed by atoms with Gasteiger partial charge in [-0.05, 0) is 6.92 Å². The first-order valence-electron chi connectivity index (χ1n) is 10.0. The second kappa shape index (κ2) is 10.5. The number of thiazole rings is 2. The molecule has 4 heterocycles. The summed E-state index contributed by atoms with van der Waals surface area (Å²) in [6.45, 7) is 1.14. The Labute approximate surface area is 214 Å². The largest absolute Gasteiger partial charge is 0.489 e. The van der Waals surface area contributed by atoms with E-state index in [0.29, 0.717) is 0 Å². The van der Waals surface area contributed by atoms with Crippen molar-refractivity contribution in [3.63, 3.8) is 0 Å². The number of carboxylic acid groups (broad SMARTS) is 2. The van der Waals surface area contributed by atoms with Crippen LogP contribution in [-0.2, 0) is 35.4 Å². The number of nitrogens with two attached hydrogens (primary N) is 1. The van der Waals surface area contributed by atoms with Crippen LogP contribution < -0.4 is 11.1 Å². The lowest BCUT2D eigenvalue weighted by Gasteiger charge is -2.48. The third-order valence-electron chi connectivity index (χ3n) is 4.80. The Hall–Kier alpha value is -3.70. The number of nitrogens with one attached hydrogen (secondary N) is 1. The number of nitrogen functional groups attached to an aromatic ring is 1. The van der Waals surface area contributed by atoms with Crippen molar-refractivity contribution >= 4 is 69.0 Å². The van der Waals surface area contributed by atoms with E-state index in [-0.39, 0.29) is 40.4 Å². The number of carboxylic acids is 2. The second-order valence-corrected chi connectivity index (χ2v) is 10.6. The maximum atomic E-state index is 12.9. The third kappa shape index (κ3) is 5.26. The second-order valence-electron chi connectivity index (χ2n) is 7.25. The first-order chi connectivity index (χ1) is 17.2. The molecule has 0 saturated carbocycles. The molecule has 14 nitrogen and oxygen atoms in total. The highest BCUT2D eigenvalue weighted by atomic mass is 32.2. The molecular formula is C19H18N6O8S3. The number of aromatic nitrogens is 2. The van der Waals surface area contributed by atoms with Gasteiger partial charge < -0.3 is 30.8 Å². The molecule has 36 heavy (non-hydrogen) atoms. The molecule has 1 fully saturated rings. The quantitative estimate of drug-likeness (QED) is 0.177. The summed E-state index contributed by atoms with van der Waals surface area (Å²) in [7, 11) is 0. The summed E-state index contributed by atoms with van der Waals surface area (Å²) >= 11 is 3.65. The Balaban J connectivity index is 1.49. The average molecular weight is 555 g/mol. The zero-order valence-corrected chi connectivity index (χ0v) is 20.8. The molecule has 0 aliphatic carbocycles. The number of β-lactam (4-membered cyclic amide) rings is 1. The number of thioether (sulfide) groups is 1. The van der Waals surface area contributed by atoms with Gasteiger partial charge in [0, 0.05) is 11.6 Å². The molecule has 17 heteroatoms. The van der Waals surface area contributed by atoms with Crippen LogP contribution in [0, 0.1) is 6.92 Å². The normalized spacial score (nSPS) is 19.4. The van der Waals surface area contributed by atoms with Crippen molar-refractivity contribution in [1.82, 2.24) is 20.2 Å². The van der Waals surface area contributed by atoms with E-state index in [4.69, 9.17) is 15.6 Å². The third-order valence-corrected chi connectivity index (χ3v) is 7.62. The van der Waals surface area contributed by atoms with Crippen molar-refractivity contribution in [2.24, 2.45) is 5.16 Å². The summed E-state index contributed by atoms with van der Waals surface area (Å²) in [6, 6.07) is -1.07. The van der Waals surface area contributed by atoms with Crippen LogP contribution in [0.2, 0.25) is 0 Å². The minimum atomic E-state index is -1.34. The van der Waals surface area contributed by atoms with Gasteiger partial charge in [0.2, 0.25) is 6.61 Å². The van der Waals surface area contributed by atoms with E-state index in [9.17, 15) is 24.3 Å². The van der Waals surface area contributed by atoms with E-state index < -0.39 is 41.8 Å². The molecule has 2 aromatic heterocycles. The number of fused-ring (bicyclic) bond motifs is 1. The van der Waals surface area contributed by atoms with Gasteiger partial charge in [-0.2, -0.15) is 0 Å². The highest BCUT2D eigenvalue weighted by Crippen LogP contribution is 2.41. The molecule has 0 bridgehead atoms. The number of anilines is 1. The predicted molar refractivity (Wildman–Crippen MR) is 128 cm³/mol. The van der Waals surface area contributed by atoms with Crippen LogP contribution in [0.5, 0.6) is 0 Å². The van der Waals surface area contributed by atoms with Crippen molar-refractivity contribution in [3.8, 4) is 0 Å². The van der Waals surface area contributed by atoms with Gasteiger partial charge in [0.05, 0.1) is 15.6 Å². The Morgan fingerprint density at radius 1 is 1.36 bits per heavy atom. The van der Waals surface area contributed by atoms with E-state index >= 15 is 0 Å². The molecule has 2 atom stereocenters. The zero-order valence-electron chi connectivity index (χ0n) is 18.4. The van der Waals surface area contributed by atoms with Crippen LogP contribution in [0.4, 0.5) is 5.13 Å². The summed E-state index contributed by atoms with van der Waals surface area (Å²) in [5, 5.41) is 26.2. The molecule has 2 aliphatic heterocycles. The molecule has 0 radical (unpaired) electrons. The van der Waals surface area contributed by atoms with E-state index in [1.165, 1.54) is 28.5 Å². The monoisotopic (exact) mass is 554 g/mol. The number of hydrogen-bond acceptors (Lipinski definition) is 13. The molecule has 0 spiro atoms. The Bertz CT molecular complexity index is 1290. The minimum absolute atomic E-state index is 0.0282. The number of aliphatic carboxylic acids is 2. The molecule has 2 amide bonds. The van der Waals surface area contributed by atoms with E-state index in [1.807, 2.05) is 6.92 Å². The van der Waals surface area contributed by atoms with Gasteiger partial charge in [-0.1, -0.05) is 5.16 Å². The summed E-state index contributed by atoms with van der Waals surface area (Å²) in [6.07, 6.45) is 1.63. The lowest BCUT2D eigenvalue weighted by atomic mass is 10.0. The van der Waals surface area contributed by atoms with Crippen molar-refractivity contribution in [1.29, 1.82) is 0 Å². The standard InChI is InChI=1S/C19H18N6O8S3/c1-7-21-2-8(36-7)3-32-10-6-34-17-13(16(29)25(17)14(10)18(30)31)23-15(28)12(24-33-4-11(26)27)9-5-35-19(20)22-9/h2,5,13,17H,3-4,6H2,1H3,(H2,20,22)(H,23,28)(H,26,27)(H,30,31)/b24-12-/t13-,17-/m1/s1. The topological polar surface area (TPSA) is 207 Å². The van der Waals surface area contributed by atoms with Crippen LogP contribution in [0.15, 0.2) is 28.2 Å². The van der Waals surface area contributed by atoms with Crippen LogP contribution in [0.3, 0.4) is 0 Å². The molecule has 2 aromatic rings. The van der Waals surface area contributed by atoms with Gasteiger partial charge in [0.1, 0.15) is 29.5 Å². The maximum absolute atomic E-state index is 12.9. The Morgan fingerprint density at radius 2 is 2.14 bits per heavy atom. The molecule has 1 saturated heterocycles. The number of ether oxygens (including phenoxy) is 1. The summed E-state index contributed by atoms with van der Waals surface area (Å²) < 4.78 is 5.70. The molecular weight excluding hydrogens is 536 g/mol. The average Bonchev–Trinajstić information content (AvgIpc) is 3.45. The molecule has 190 valence electrons. The molecule has 0 aromatic carbocycles. The van der Waals surface area contributed by atoms with Gasteiger partial charge in [-0.25, -0.2) is 19.6 Å². The Morgan fingerprint density at radius 3 is 2.75 bits per heavy atom. The van der Waals surface area contributed by atoms with Crippen LogP contribution in [0.25, 0.3) is 0 Å². The molecule has 5 N–H and O–H groups in total. The van der Waals surface area contributed by atoms with E-state index in [2.05, 4.69) is 25.3 Å². The SMILES string of the molecule is Cc1ncc(COC2=C(C(=O)O)N3C(=O)[C@@H](NC(=O)/C(=N\OCC(=O)O)c4csc(N)n4)[C@H]3SC2)s1. The van der Waals surface area contributed by atoms with Crippen molar-refractivity contribution in [2.45, 2.75) is 24.9 Å². The van der Waals surface area contributed by atoms with Crippen molar-refractivity contribution < 1.29 is 39.0 Å². The maximum Gasteiger partial charge on any atom is 0.356 e. The van der Waals surface area contributed by atoms with Gasteiger partial charge in [0.25, 0.3) is 11.8 Å². The first kappa shape index (κ1) is 25.4. The molecule has 2 aliphatic rings. The number of amides is 2. The van der Waals surface area contributed by atoms with Crippen LogP contribution >= 0.6 is 34.4 Å². The van der Waals surface area contributed by atoms with Gasteiger partial charge in [-0.3, -0.25) is 14.5 Å². The Kier molecular flexibility index (Phi) is 7.41. The van der Waals surface area contributed by atoms with Gasteiger partial charge in [-0.15, -0.1) is 34.4 Å². The van der Waals surface area contributed by atoms with E-state index in [1.54, 1.807) is 6.20 Å². The summed E-state index contributed by atoms with van der Waals surface area (Å²) in [4.78, 5) is 63.1.